The molecule has 0 radical (unpaired) electrons. The fraction of sp³-hybridized carbons (Fsp3) is 0.412. The van der Waals surface area contributed by atoms with Crippen molar-refractivity contribution in [3.8, 4) is 5.75 Å². The Labute approximate surface area is 121 Å². The fourth-order valence-electron chi connectivity index (χ4n) is 2.15. The van der Waals surface area contributed by atoms with Crippen LogP contribution >= 0.6 is 0 Å². The molecule has 0 atom stereocenters. The zero-order valence-electron chi connectivity index (χ0n) is 12.4. The Hall–Kier alpha value is -1.90. The van der Waals surface area contributed by atoms with E-state index >= 15 is 0 Å². The van der Waals surface area contributed by atoms with Crippen molar-refractivity contribution in [3.05, 3.63) is 48.3 Å². The maximum absolute atomic E-state index is 5.58. The molecule has 0 saturated heterocycles. The first-order valence-electron chi connectivity index (χ1n) is 7.44. The van der Waals surface area contributed by atoms with Crippen molar-refractivity contribution in [1.82, 2.24) is 4.57 Å². The van der Waals surface area contributed by atoms with Crippen molar-refractivity contribution < 1.29 is 4.74 Å². The van der Waals surface area contributed by atoms with Crippen LogP contribution in [0.1, 0.15) is 32.4 Å². The van der Waals surface area contributed by atoms with Crippen molar-refractivity contribution in [2.45, 2.75) is 39.8 Å². The Balaban J connectivity index is 1.88. The van der Waals surface area contributed by atoms with Gasteiger partial charge in [0.05, 0.1) is 13.2 Å². The number of aryl methyl sites for hydroxylation is 1. The normalized spacial score (nSPS) is 10.5. The molecule has 0 spiro atoms. The van der Waals surface area contributed by atoms with Crippen LogP contribution in [0.5, 0.6) is 5.75 Å². The number of nitrogens with one attached hydrogen (secondary N) is 1. The van der Waals surface area contributed by atoms with E-state index in [-0.39, 0.29) is 0 Å². The highest BCUT2D eigenvalue weighted by atomic mass is 16.5. The smallest absolute Gasteiger partial charge is 0.119 e. The van der Waals surface area contributed by atoms with Gasteiger partial charge in [-0.15, -0.1) is 0 Å². The van der Waals surface area contributed by atoms with Gasteiger partial charge in [-0.3, -0.25) is 0 Å². The lowest BCUT2D eigenvalue weighted by Gasteiger charge is -2.11. The lowest BCUT2D eigenvalue weighted by atomic mass is 10.3. The van der Waals surface area contributed by atoms with Crippen LogP contribution in [-0.2, 0) is 13.1 Å². The maximum atomic E-state index is 5.58. The molecule has 108 valence electrons. The number of ether oxygens (including phenoxy) is 1. The van der Waals surface area contributed by atoms with E-state index in [2.05, 4.69) is 54.2 Å². The third kappa shape index (κ3) is 4.05. The first-order chi connectivity index (χ1) is 9.83. The topological polar surface area (TPSA) is 26.2 Å². The first kappa shape index (κ1) is 14.5. The lowest BCUT2D eigenvalue weighted by molar-refractivity contribution is 0.317. The molecule has 20 heavy (non-hydrogen) atoms. The number of aromatic nitrogens is 1. The van der Waals surface area contributed by atoms with Crippen LogP contribution in [0.15, 0.2) is 42.6 Å². The number of nitrogens with zero attached hydrogens (tertiary/aromatic N) is 1. The van der Waals surface area contributed by atoms with E-state index < -0.39 is 0 Å². The maximum Gasteiger partial charge on any atom is 0.119 e. The van der Waals surface area contributed by atoms with E-state index in [0.29, 0.717) is 0 Å². The van der Waals surface area contributed by atoms with Crippen LogP contribution < -0.4 is 10.1 Å². The van der Waals surface area contributed by atoms with E-state index in [1.54, 1.807) is 0 Å². The molecule has 3 nitrogen and oxygen atoms in total. The van der Waals surface area contributed by atoms with Gasteiger partial charge in [-0.25, -0.2) is 0 Å². The molecule has 2 rings (SSSR count). The zero-order valence-corrected chi connectivity index (χ0v) is 12.4. The Kier molecular flexibility index (Phi) is 5.54. The molecule has 0 aliphatic rings. The van der Waals surface area contributed by atoms with Crippen molar-refractivity contribution in [3.63, 3.8) is 0 Å². The van der Waals surface area contributed by atoms with Gasteiger partial charge in [0.2, 0.25) is 0 Å². The number of benzene rings is 1. The second kappa shape index (κ2) is 7.63. The molecule has 2 aromatic rings. The minimum absolute atomic E-state index is 0.775. The molecule has 1 N–H and O–H groups in total. The van der Waals surface area contributed by atoms with Gasteiger partial charge in [-0.05, 0) is 49.2 Å². The number of hydrogen-bond acceptors (Lipinski definition) is 2. The summed E-state index contributed by atoms with van der Waals surface area (Å²) >= 11 is 0. The molecule has 1 aromatic carbocycles. The lowest BCUT2D eigenvalue weighted by Crippen LogP contribution is -2.06. The molecular weight excluding hydrogens is 248 g/mol. The number of anilines is 1. The molecule has 0 amide bonds. The predicted octanol–water partition coefficient (Wildman–Crippen LogP) is 4.30. The highest BCUT2D eigenvalue weighted by Gasteiger charge is 2.00. The summed E-state index contributed by atoms with van der Waals surface area (Å²) in [7, 11) is 0. The van der Waals surface area contributed by atoms with Gasteiger partial charge < -0.3 is 14.6 Å². The van der Waals surface area contributed by atoms with Gasteiger partial charge >= 0.3 is 0 Å². The summed E-state index contributed by atoms with van der Waals surface area (Å²) in [4.78, 5) is 0. The largest absolute Gasteiger partial charge is 0.494 e. The molecule has 1 aromatic heterocycles. The molecule has 0 unspecified atom stereocenters. The van der Waals surface area contributed by atoms with E-state index in [0.717, 1.165) is 44.0 Å². The SMILES string of the molecule is CCCOc1ccc(NCc2cccn2CCC)cc1. The zero-order chi connectivity index (χ0) is 14.2. The van der Waals surface area contributed by atoms with E-state index in [1.807, 2.05) is 12.1 Å². The molecule has 0 fully saturated rings. The fourth-order valence-corrected chi connectivity index (χ4v) is 2.15. The Morgan fingerprint density at radius 3 is 2.55 bits per heavy atom. The molecule has 0 aliphatic carbocycles. The molecular formula is C17H24N2O. The van der Waals surface area contributed by atoms with Gasteiger partial charge in [0, 0.05) is 24.1 Å². The Morgan fingerprint density at radius 1 is 1.05 bits per heavy atom. The van der Waals surface area contributed by atoms with Crippen molar-refractivity contribution in [1.29, 1.82) is 0 Å². The van der Waals surface area contributed by atoms with Crippen LogP contribution in [0.2, 0.25) is 0 Å². The molecule has 0 aliphatic heterocycles. The molecule has 0 bridgehead atoms. The number of hydrogen-bond donors (Lipinski definition) is 1. The van der Waals surface area contributed by atoms with Gasteiger partial charge in [0.15, 0.2) is 0 Å². The summed E-state index contributed by atoms with van der Waals surface area (Å²) in [5, 5.41) is 3.45. The quantitative estimate of drug-likeness (QED) is 0.775. The summed E-state index contributed by atoms with van der Waals surface area (Å²) < 4.78 is 7.88. The average molecular weight is 272 g/mol. The van der Waals surface area contributed by atoms with Gasteiger partial charge in [-0.1, -0.05) is 13.8 Å². The van der Waals surface area contributed by atoms with Crippen LogP contribution in [0.3, 0.4) is 0 Å². The molecule has 3 heteroatoms. The second-order valence-electron chi connectivity index (χ2n) is 4.92. The third-order valence-corrected chi connectivity index (χ3v) is 3.19. The molecule has 1 heterocycles. The summed E-state index contributed by atoms with van der Waals surface area (Å²) in [5.41, 5.74) is 2.44. The van der Waals surface area contributed by atoms with Crippen LogP contribution in [0.4, 0.5) is 5.69 Å². The van der Waals surface area contributed by atoms with Crippen LogP contribution in [-0.4, -0.2) is 11.2 Å². The highest BCUT2D eigenvalue weighted by molar-refractivity contribution is 5.46. The van der Waals surface area contributed by atoms with Crippen molar-refractivity contribution in [2.24, 2.45) is 0 Å². The number of rotatable bonds is 8. The standard InChI is InChI=1S/C17H24N2O/c1-3-11-19-12-5-6-16(19)14-18-15-7-9-17(10-8-15)20-13-4-2/h5-10,12,18H,3-4,11,13-14H2,1-2H3. The monoisotopic (exact) mass is 272 g/mol. The summed E-state index contributed by atoms with van der Waals surface area (Å²) in [6.07, 6.45) is 4.34. The van der Waals surface area contributed by atoms with Gasteiger partial charge in [-0.2, -0.15) is 0 Å². The minimum Gasteiger partial charge on any atom is -0.494 e. The Bertz CT molecular complexity index is 502. The van der Waals surface area contributed by atoms with Crippen LogP contribution in [0, 0.1) is 0 Å². The average Bonchev–Trinajstić information content (AvgIpc) is 2.92. The summed E-state index contributed by atoms with van der Waals surface area (Å²) in [6.45, 7) is 7.01. The summed E-state index contributed by atoms with van der Waals surface area (Å²) in [5.74, 6) is 0.937. The highest BCUT2D eigenvalue weighted by Crippen LogP contribution is 2.17. The van der Waals surface area contributed by atoms with Gasteiger partial charge in [0.1, 0.15) is 5.75 Å². The van der Waals surface area contributed by atoms with E-state index in [1.165, 1.54) is 5.69 Å². The van der Waals surface area contributed by atoms with E-state index in [4.69, 9.17) is 4.74 Å². The first-order valence-corrected chi connectivity index (χ1v) is 7.44. The molecule has 0 saturated carbocycles. The minimum atomic E-state index is 0.775. The van der Waals surface area contributed by atoms with Gasteiger partial charge in [0.25, 0.3) is 0 Å². The van der Waals surface area contributed by atoms with Crippen LogP contribution in [0.25, 0.3) is 0 Å². The predicted molar refractivity (Wildman–Crippen MR) is 84.3 cm³/mol. The third-order valence-electron chi connectivity index (χ3n) is 3.19. The van der Waals surface area contributed by atoms with E-state index in [9.17, 15) is 0 Å². The van der Waals surface area contributed by atoms with Crippen molar-refractivity contribution in [2.75, 3.05) is 11.9 Å². The van der Waals surface area contributed by atoms with Crippen molar-refractivity contribution >= 4 is 5.69 Å². The second-order valence-corrected chi connectivity index (χ2v) is 4.92. The summed E-state index contributed by atoms with van der Waals surface area (Å²) in [6, 6.07) is 12.4. The Morgan fingerprint density at radius 2 is 1.85 bits per heavy atom.